The Balaban J connectivity index is 1.44. The molecule has 1 amide bonds. The molecule has 1 aliphatic heterocycles. The molecule has 6 heteroatoms. The average molecular weight is 371 g/mol. The number of thiazole rings is 1. The van der Waals surface area contributed by atoms with Gasteiger partial charge < -0.3 is 9.64 Å². The maximum atomic E-state index is 12.7. The molecule has 4 nitrogen and oxygen atoms in total. The summed E-state index contributed by atoms with van der Waals surface area (Å²) in [6.45, 7) is 1.03. The predicted molar refractivity (Wildman–Crippen MR) is 99.7 cm³/mol. The van der Waals surface area contributed by atoms with E-state index in [-0.39, 0.29) is 5.91 Å². The number of carbonyl (C=O) groups excluding carboxylic acids is 1. The summed E-state index contributed by atoms with van der Waals surface area (Å²) in [6, 6.07) is 15.2. The van der Waals surface area contributed by atoms with Gasteiger partial charge in [-0.1, -0.05) is 29.8 Å². The van der Waals surface area contributed by atoms with E-state index in [2.05, 4.69) is 11.1 Å². The topological polar surface area (TPSA) is 42.4 Å². The van der Waals surface area contributed by atoms with Gasteiger partial charge in [-0.3, -0.25) is 4.79 Å². The number of amides is 1. The normalized spacial score (nSPS) is 12.9. The van der Waals surface area contributed by atoms with Gasteiger partial charge in [0, 0.05) is 22.6 Å². The summed E-state index contributed by atoms with van der Waals surface area (Å²) in [4.78, 5) is 19.0. The van der Waals surface area contributed by atoms with Crippen LogP contribution in [0.3, 0.4) is 0 Å². The Labute approximate surface area is 154 Å². The van der Waals surface area contributed by atoms with Crippen molar-refractivity contribution >= 4 is 34.5 Å². The van der Waals surface area contributed by atoms with E-state index in [1.807, 2.05) is 30.3 Å². The number of aromatic nitrogens is 1. The molecule has 0 radical (unpaired) electrons. The number of benzene rings is 2. The van der Waals surface area contributed by atoms with Gasteiger partial charge in [0.25, 0.3) is 5.91 Å². The van der Waals surface area contributed by atoms with Crippen LogP contribution in [-0.2, 0) is 13.0 Å². The van der Waals surface area contributed by atoms with E-state index in [4.69, 9.17) is 16.3 Å². The van der Waals surface area contributed by atoms with Gasteiger partial charge >= 0.3 is 0 Å². The van der Waals surface area contributed by atoms with E-state index < -0.39 is 0 Å². The maximum Gasteiger partial charge on any atom is 0.277 e. The number of hydrogen-bond acceptors (Lipinski definition) is 4. The molecule has 0 saturated heterocycles. The van der Waals surface area contributed by atoms with Crippen molar-refractivity contribution < 1.29 is 9.53 Å². The van der Waals surface area contributed by atoms with Crippen LogP contribution in [0, 0.1) is 0 Å². The molecule has 0 bridgehead atoms. The standard InChI is InChI=1S/C19H15ClN2O2S/c20-14-5-7-15(8-6-14)24-11-18-21-16(12-25-18)19(23)22-10-9-13-3-1-2-4-17(13)22/h1-8,12H,9-11H2. The smallest absolute Gasteiger partial charge is 0.277 e. The second-order valence-electron chi connectivity index (χ2n) is 5.70. The van der Waals surface area contributed by atoms with Gasteiger partial charge in [0.05, 0.1) is 0 Å². The fraction of sp³-hybridized carbons (Fsp3) is 0.158. The second-order valence-corrected chi connectivity index (χ2v) is 7.08. The maximum absolute atomic E-state index is 12.7. The van der Waals surface area contributed by atoms with Gasteiger partial charge in [-0.05, 0) is 42.3 Å². The molecule has 0 aliphatic carbocycles. The van der Waals surface area contributed by atoms with E-state index in [9.17, 15) is 4.79 Å². The van der Waals surface area contributed by atoms with Gasteiger partial charge in [-0.15, -0.1) is 11.3 Å². The number of ether oxygens (including phenoxy) is 1. The summed E-state index contributed by atoms with van der Waals surface area (Å²) in [5.74, 6) is 0.667. The first-order valence-corrected chi connectivity index (χ1v) is 9.19. The Kier molecular flexibility index (Phi) is 4.42. The highest BCUT2D eigenvalue weighted by Crippen LogP contribution is 2.29. The van der Waals surface area contributed by atoms with Crippen molar-refractivity contribution in [2.24, 2.45) is 0 Å². The van der Waals surface area contributed by atoms with Gasteiger partial charge in [0.1, 0.15) is 23.1 Å². The van der Waals surface area contributed by atoms with Crippen LogP contribution >= 0.6 is 22.9 Å². The molecule has 0 atom stereocenters. The molecule has 0 fully saturated rings. The van der Waals surface area contributed by atoms with Crippen molar-refractivity contribution in [3.63, 3.8) is 0 Å². The molecule has 1 aliphatic rings. The number of carbonyl (C=O) groups is 1. The van der Waals surface area contributed by atoms with Crippen LogP contribution in [0.2, 0.25) is 5.02 Å². The summed E-state index contributed by atoms with van der Waals surface area (Å²) in [7, 11) is 0. The van der Waals surface area contributed by atoms with Gasteiger partial charge in [0.2, 0.25) is 0 Å². The van der Waals surface area contributed by atoms with Crippen molar-refractivity contribution in [2.75, 3.05) is 11.4 Å². The molecule has 2 heterocycles. The van der Waals surface area contributed by atoms with E-state index in [0.717, 1.165) is 22.9 Å². The largest absolute Gasteiger partial charge is 0.486 e. The minimum Gasteiger partial charge on any atom is -0.486 e. The number of nitrogens with zero attached hydrogens (tertiary/aromatic N) is 2. The highest BCUT2D eigenvalue weighted by molar-refractivity contribution is 7.09. The van der Waals surface area contributed by atoms with E-state index in [0.29, 0.717) is 23.9 Å². The number of rotatable bonds is 4. The summed E-state index contributed by atoms with van der Waals surface area (Å²) in [5.41, 5.74) is 2.66. The Morgan fingerprint density at radius 1 is 1.20 bits per heavy atom. The quantitative estimate of drug-likeness (QED) is 0.675. The SMILES string of the molecule is O=C(c1csc(COc2ccc(Cl)cc2)n1)N1CCc2ccccc21. The molecular weight excluding hydrogens is 356 g/mol. The number of halogens is 1. The Bertz CT molecular complexity index is 908. The predicted octanol–water partition coefficient (Wildman–Crippen LogP) is 4.58. The first-order valence-electron chi connectivity index (χ1n) is 7.93. The third-order valence-electron chi connectivity index (χ3n) is 4.08. The number of para-hydroxylation sites is 1. The zero-order valence-electron chi connectivity index (χ0n) is 13.3. The molecule has 0 saturated carbocycles. The lowest BCUT2D eigenvalue weighted by Crippen LogP contribution is -2.29. The lowest BCUT2D eigenvalue weighted by Gasteiger charge is -2.15. The zero-order valence-corrected chi connectivity index (χ0v) is 14.9. The van der Waals surface area contributed by atoms with Crippen LogP contribution in [0.1, 0.15) is 21.1 Å². The first-order chi connectivity index (χ1) is 12.2. The molecule has 3 aromatic rings. The van der Waals surface area contributed by atoms with Crippen LogP contribution in [0.15, 0.2) is 53.9 Å². The fourth-order valence-corrected chi connectivity index (χ4v) is 3.64. The zero-order chi connectivity index (χ0) is 17.2. The lowest BCUT2D eigenvalue weighted by molar-refractivity contribution is 0.0985. The van der Waals surface area contributed by atoms with Crippen LogP contribution in [-0.4, -0.2) is 17.4 Å². The highest BCUT2D eigenvalue weighted by Gasteiger charge is 2.26. The van der Waals surface area contributed by atoms with Crippen molar-refractivity contribution in [2.45, 2.75) is 13.0 Å². The molecule has 4 rings (SSSR count). The molecule has 25 heavy (non-hydrogen) atoms. The van der Waals surface area contributed by atoms with Crippen molar-refractivity contribution in [3.8, 4) is 5.75 Å². The van der Waals surface area contributed by atoms with Crippen LogP contribution in [0.25, 0.3) is 0 Å². The molecule has 1 aromatic heterocycles. The van der Waals surface area contributed by atoms with E-state index in [1.54, 1.807) is 22.4 Å². The second kappa shape index (κ2) is 6.86. The molecule has 0 spiro atoms. The number of anilines is 1. The van der Waals surface area contributed by atoms with E-state index >= 15 is 0 Å². The molecular formula is C19H15ClN2O2S. The Morgan fingerprint density at radius 3 is 2.84 bits per heavy atom. The van der Waals surface area contributed by atoms with Gasteiger partial charge in [-0.2, -0.15) is 0 Å². The Hall–Kier alpha value is -2.37. The minimum absolute atomic E-state index is 0.0565. The molecule has 2 aromatic carbocycles. The van der Waals surface area contributed by atoms with Crippen molar-refractivity contribution in [1.82, 2.24) is 4.98 Å². The van der Waals surface area contributed by atoms with Crippen molar-refractivity contribution in [3.05, 3.63) is 75.2 Å². The summed E-state index contributed by atoms with van der Waals surface area (Å²) >= 11 is 7.29. The number of hydrogen-bond donors (Lipinski definition) is 0. The summed E-state index contributed by atoms with van der Waals surface area (Å²) in [6.07, 6.45) is 0.887. The number of fused-ring (bicyclic) bond motifs is 1. The molecule has 0 N–H and O–H groups in total. The van der Waals surface area contributed by atoms with Crippen LogP contribution in [0.4, 0.5) is 5.69 Å². The fourth-order valence-electron chi connectivity index (χ4n) is 2.84. The van der Waals surface area contributed by atoms with Gasteiger partial charge in [-0.25, -0.2) is 4.98 Å². The monoisotopic (exact) mass is 370 g/mol. The lowest BCUT2D eigenvalue weighted by atomic mass is 10.2. The van der Waals surface area contributed by atoms with Crippen molar-refractivity contribution in [1.29, 1.82) is 0 Å². The van der Waals surface area contributed by atoms with Gasteiger partial charge in [0.15, 0.2) is 0 Å². The summed E-state index contributed by atoms with van der Waals surface area (Å²) in [5, 5.41) is 3.23. The highest BCUT2D eigenvalue weighted by atomic mass is 35.5. The average Bonchev–Trinajstić information content (AvgIpc) is 3.28. The van der Waals surface area contributed by atoms with Crippen LogP contribution in [0.5, 0.6) is 5.75 Å². The molecule has 126 valence electrons. The van der Waals surface area contributed by atoms with E-state index in [1.165, 1.54) is 16.9 Å². The third kappa shape index (κ3) is 3.38. The summed E-state index contributed by atoms with van der Waals surface area (Å²) < 4.78 is 5.69. The third-order valence-corrected chi connectivity index (χ3v) is 5.15. The van der Waals surface area contributed by atoms with Crippen LogP contribution < -0.4 is 9.64 Å². The first kappa shape index (κ1) is 16.1. The molecule has 0 unspecified atom stereocenters. The minimum atomic E-state index is -0.0565. The Morgan fingerprint density at radius 2 is 2.00 bits per heavy atom.